The third kappa shape index (κ3) is 3.50. The highest BCUT2D eigenvalue weighted by Crippen LogP contribution is 2.69. The first-order valence-corrected chi connectivity index (χ1v) is 11.5. The van der Waals surface area contributed by atoms with Gasteiger partial charge in [0.1, 0.15) is 17.9 Å². The van der Waals surface area contributed by atoms with E-state index in [4.69, 9.17) is 14.3 Å². The average Bonchev–Trinajstić information content (AvgIpc) is 3.12. The number of nitrogens with zero attached hydrogens (tertiary/aromatic N) is 4. The van der Waals surface area contributed by atoms with Crippen LogP contribution in [-0.2, 0) is 18.0 Å². The van der Waals surface area contributed by atoms with Crippen LogP contribution in [0.4, 0.5) is 5.82 Å². The van der Waals surface area contributed by atoms with Crippen LogP contribution >= 0.6 is 15.6 Å². The molecule has 0 spiro atoms. The van der Waals surface area contributed by atoms with Crippen molar-refractivity contribution in [1.29, 1.82) is 0 Å². The summed E-state index contributed by atoms with van der Waals surface area (Å²) in [5.74, 6) is 0.135. The van der Waals surface area contributed by atoms with Crippen molar-refractivity contribution in [2.75, 3.05) is 19.0 Å². The molecule has 0 aliphatic heterocycles. The summed E-state index contributed by atoms with van der Waals surface area (Å²) in [6, 6.07) is -0.640. The van der Waals surface area contributed by atoms with Crippen molar-refractivity contribution < 1.29 is 42.9 Å². The minimum Gasteiger partial charge on any atom is -0.390 e. The summed E-state index contributed by atoms with van der Waals surface area (Å²) < 4.78 is 32.6. The maximum Gasteiger partial charge on any atom is 0.481 e. The van der Waals surface area contributed by atoms with Gasteiger partial charge in [0, 0.05) is 12.5 Å². The minimum absolute atomic E-state index is 0.343. The molecule has 6 N–H and O–H groups in total. The lowest BCUT2D eigenvalue weighted by Crippen LogP contribution is -2.35. The third-order valence-electron chi connectivity index (χ3n) is 5.48. The van der Waals surface area contributed by atoms with Crippen LogP contribution in [0.15, 0.2) is 12.7 Å². The number of anilines is 1. The Hall–Kier alpha value is -1.47. The van der Waals surface area contributed by atoms with E-state index in [0.717, 1.165) is 0 Å². The summed E-state index contributed by atoms with van der Waals surface area (Å²) in [7, 11) is -8.64. The van der Waals surface area contributed by atoms with Crippen molar-refractivity contribution >= 4 is 32.6 Å². The van der Waals surface area contributed by atoms with Gasteiger partial charge in [-0.25, -0.2) is 24.1 Å². The molecule has 2 aromatic heterocycles. The lowest BCUT2D eigenvalue weighted by molar-refractivity contribution is -0.0297. The van der Waals surface area contributed by atoms with E-state index < -0.39 is 45.9 Å². The molecule has 0 radical (unpaired) electrons. The van der Waals surface area contributed by atoms with E-state index in [1.807, 2.05) is 0 Å². The van der Waals surface area contributed by atoms with E-state index in [1.165, 1.54) is 12.7 Å². The van der Waals surface area contributed by atoms with Gasteiger partial charge in [0.15, 0.2) is 11.5 Å². The molecule has 4 rings (SSSR count). The van der Waals surface area contributed by atoms with Crippen LogP contribution in [0, 0.1) is 11.3 Å². The summed E-state index contributed by atoms with van der Waals surface area (Å²) in [6.07, 6.45) is 0.577. The molecule has 2 heterocycles. The van der Waals surface area contributed by atoms with Crippen molar-refractivity contribution in [3.63, 3.8) is 0 Å². The fourth-order valence-corrected chi connectivity index (χ4v) is 5.81. The van der Waals surface area contributed by atoms with Crippen LogP contribution in [0.25, 0.3) is 11.2 Å². The van der Waals surface area contributed by atoms with Crippen LogP contribution < -0.4 is 5.32 Å². The molecule has 2 saturated carbocycles. The van der Waals surface area contributed by atoms with Gasteiger partial charge in [-0.15, -0.1) is 0 Å². The zero-order valence-electron chi connectivity index (χ0n) is 14.9. The number of phosphoric acid groups is 2. The van der Waals surface area contributed by atoms with Gasteiger partial charge in [-0.05, 0) is 12.3 Å². The highest BCUT2D eigenvalue weighted by Gasteiger charge is 2.72. The number of imidazole rings is 1. The van der Waals surface area contributed by atoms with E-state index >= 15 is 0 Å². The molecule has 29 heavy (non-hydrogen) atoms. The highest BCUT2D eigenvalue weighted by atomic mass is 31.3. The average molecular weight is 451 g/mol. The van der Waals surface area contributed by atoms with Gasteiger partial charge in [-0.3, -0.25) is 4.52 Å². The molecule has 2 fully saturated rings. The summed E-state index contributed by atoms with van der Waals surface area (Å²) >= 11 is 0. The molecule has 2 aromatic rings. The fourth-order valence-electron chi connectivity index (χ4n) is 4.14. The van der Waals surface area contributed by atoms with E-state index in [-0.39, 0.29) is 5.92 Å². The van der Waals surface area contributed by atoms with Crippen LogP contribution in [-0.4, -0.2) is 70.3 Å². The molecule has 14 nitrogen and oxygen atoms in total. The van der Waals surface area contributed by atoms with Gasteiger partial charge in [-0.2, -0.15) is 4.31 Å². The monoisotopic (exact) mass is 451 g/mol. The molecule has 0 saturated heterocycles. The standard InChI is InChI=1S/C13H19N5O9P2/c1-14-11-7-12(16-4-15-11)18(5-17-7)8-6-2-13(6,10(20)9(8)19)3-26-29(24,25)27-28(21,22)23/h4-6,8-10,19-20H,2-3H2,1H3,(H,24,25)(H,14,15,16)(H2,21,22,23)/t6?,8-,9+,10+,13+/m1/s1. The molecule has 0 amide bonds. The van der Waals surface area contributed by atoms with Crippen molar-refractivity contribution in [3.05, 3.63) is 12.7 Å². The summed E-state index contributed by atoms with van der Waals surface area (Å²) in [5, 5.41) is 24.0. The van der Waals surface area contributed by atoms with Crippen molar-refractivity contribution in [2.45, 2.75) is 24.7 Å². The van der Waals surface area contributed by atoms with E-state index in [9.17, 15) is 24.2 Å². The number of nitrogens with one attached hydrogen (secondary N) is 1. The normalized spacial score (nSPS) is 33.4. The quantitative estimate of drug-likeness (QED) is 0.290. The minimum atomic E-state index is -5.25. The summed E-state index contributed by atoms with van der Waals surface area (Å²) in [5.41, 5.74) is -0.168. The third-order valence-corrected chi connectivity index (χ3v) is 7.61. The Labute approximate surface area is 163 Å². The van der Waals surface area contributed by atoms with Gasteiger partial charge in [0.2, 0.25) is 0 Å². The molecular weight excluding hydrogens is 432 g/mol. The Morgan fingerprint density at radius 2 is 2.00 bits per heavy atom. The van der Waals surface area contributed by atoms with Crippen molar-refractivity contribution in [3.8, 4) is 0 Å². The van der Waals surface area contributed by atoms with Gasteiger partial charge < -0.3 is 34.8 Å². The number of rotatable bonds is 7. The zero-order chi connectivity index (χ0) is 21.2. The topological polar surface area (TPSA) is 209 Å². The number of aromatic nitrogens is 4. The molecular formula is C13H19N5O9P2. The molecule has 0 bridgehead atoms. The summed E-state index contributed by atoms with van der Waals surface area (Å²) in [6.45, 7) is -0.538. The highest BCUT2D eigenvalue weighted by molar-refractivity contribution is 7.60. The van der Waals surface area contributed by atoms with E-state index in [2.05, 4.69) is 24.6 Å². The largest absolute Gasteiger partial charge is 0.481 e. The molecule has 6 atom stereocenters. The first-order valence-electron chi connectivity index (χ1n) is 8.45. The fraction of sp³-hybridized carbons (Fsp3) is 0.615. The lowest BCUT2D eigenvalue weighted by Gasteiger charge is -2.24. The first-order chi connectivity index (χ1) is 13.5. The number of phosphoric ester groups is 1. The SMILES string of the molecule is CNc1ncnc2c1ncn2[C@@H]1C2C[C@@]2(COP(=O)(O)OP(=O)(O)O)[C@@H](O)[C@H]1O. The Morgan fingerprint density at radius 1 is 1.28 bits per heavy atom. The van der Waals surface area contributed by atoms with Crippen LogP contribution in [0.3, 0.4) is 0 Å². The predicted molar refractivity (Wildman–Crippen MR) is 95.4 cm³/mol. The molecule has 160 valence electrons. The predicted octanol–water partition coefficient (Wildman–Crippen LogP) is -0.623. The van der Waals surface area contributed by atoms with Gasteiger partial charge in [0.25, 0.3) is 0 Å². The molecule has 0 aromatic carbocycles. The Balaban J connectivity index is 1.58. The van der Waals surface area contributed by atoms with Crippen LogP contribution in [0.5, 0.6) is 0 Å². The Morgan fingerprint density at radius 3 is 2.66 bits per heavy atom. The molecule has 2 unspecified atom stereocenters. The second-order valence-electron chi connectivity index (χ2n) is 7.08. The van der Waals surface area contributed by atoms with Gasteiger partial charge in [0.05, 0.1) is 25.1 Å². The van der Waals surface area contributed by atoms with Gasteiger partial charge >= 0.3 is 15.6 Å². The van der Waals surface area contributed by atoms with Crippen molar-refractivity contribution in [1.82, 2.24) is 19.5 Å². The maximum absolute atomic E-state index is 11.7. The van der Waals surface area contributed by atoms with Gasteiger partial charge in [-0.1, -0.05) is 0 Å². The first kappa shape index (κ1) is 20.8. The zero-order valence-corrected chi connectivity index (χ0v) is 16.7. The van der Waals surface area contributed by atoms with E-state index in [1.54, 1.807) is 11.6 Å². The Kier molecular flexibility index (Phi) is 4.85. The maximum atomic E-state index is 11.7. The van der Waals surface area contributed by atoms with Crippen molar-refractivity contribution in [2.24, 2.45) is 11.3 Å². The second-order valence-corrected chi connectivity index (χ2v) is 9.91. The number of aliphatic hydroxyl groups is 2. The van der Waals surface area contributed by atoms with Crippen LogP contribution in [0.2, 0.25) is 0 Å². The smallest absolute Gasteiger partial charge is 0.390 e. The molecule has 2 aliphatic rings. The van der Waals surface area contributed by atoms with E-state index in [0.29, 0.717) is 23.4 Å². The molecule has 2 aliphatic carbocycles. The number of fused-ring (bicyclic) bond motifs is 2. The Bertz CT molecular complexity index is 1040. The number of hydrogen-bond acceptors (Lipinski definition) is 10. The lowest BCUT2D eigenvalue weighted by atomic mass is 10.0. The van der Waals surface area contributed by atoms with Crippen LogP contribution in [0.1, 0.15) is 12.5 Å². The second kappa shape index (κ2) is 6.77. The number of aliphatic hydroxyl groups excluding tert-OH is 2. The molecule has 16 heteroatoms. The number of hydrogen-bond donors (Lipinski definition) is 6. The summed E-state index contributed by atoms with van der Waals surface area (Å²) in [4.78, 5) is 39.4.